The van der Waals surface area contributed by atoms with Crippen LogP contribution in [0.25, 0.3) is 0 Å². The summed E-state index contributed by atoms with van der Waals surface area (Å²) < 4.78 is 0. The fourth-order valence-electron chi connectivity index (χ4n) is 3.60. The van der Waals surface area contributed by atoms with E-state index in [1.54, 1.807) is 13.8 Å². The predicted molar refractivity (Wildman–Crippen MR) is 85.4 cm³/mol. The van der Waals surface area contributed by atoms with E-state index in [2.05, 4.69) is 10.6 Å². The summed E-state index contributed by atoms with van der Waals surface area (Å²) in [7, 11) is 0. The van der Waals surface area contributed by atoms with Gasteiger partial charge in [-0.1, -0.05) is 0 Å². The third kappa shape index (κ3) is 5.30. The molecule has 0 saturated heterocycles. The summed E-state index contributed by atoms with van der Waals surface area (Å²) in [5.74, 6) is 0.203. The van der Waals surface area contributed by atoms with Crippen LogP contribution in [0, 0.1) is 0 Å². The predicted octanol–water partition coefficient (Wildman–Crippen LogP) is 2.43. The van der Waals surface area contributed by atoms with Gasteiger partial charge in [0.05, 0.1) is 0 Å². The van der Waals surface area contributed by atoms with Gasteiger partial charge < -0.3 is 0 Å². The Hall–Kier alpha value is -0.541. The van der Waals surface area contributed by atoms with Gasteiger partial charge in [-0.3, -0.25) is 0 Å². The molecular formula is C16H28N2O2Se. The van der Waals surface area contributed by atoms with Gasteiger partial charge in [0.1, 0.15) is 0 Å². The number of carbonyl (C=O) groups is 2. The zero-order valence-electron chi connectivity index (χ0n) is 13.2. The Labute approximate surface area is 134 Å². The minimum atomic E-state index is 0.102. The summed E-state index contributed by atoms with van der Waals surface area (Å²) in [6.45, 7) is 3.25. The van der Waals surface area contributed by atoms with Crippen LogP contribution in [0.3, 0.4) is 0 Å². The first-order chi connectivity index (χ1) is 10.1. The second-order valence-corrected chi connectivity index (χ2v) is 9.51. The van der Waals surface area contributed by atoms with Crippen molar-refractivity contribution in [1.82, 2.24) is 10.6 Å². The van der Waals surface area contributed by atoms with Gasteiger partial charge in [0.2, 0.25) is 0 Å². The summed E-state index contributed by atoms with van der Waals surface area (Å²) in [5, 5.41) is 6.33. The molecule has 2 fully saturated rings. The van der Waals surface area contributed by atoms with Crippen molar-refractivity contribution >= 4 is 26.8 Å². The standard InChI is InChI=1S/C16H28N2O2Se/c1-11(19)17-13-7-3-5-9-15(13)21-16-10-6-4-8-14(16)18-12(2)20/h13-16H,3-10H2,1-2H3,(H,17,19)(H,18,20)/t13-,14-,15-,16-/m0/s1. The molecule has 2 N–H and O–H groups in total. The second kappa shape index (κ2) is 8.19. The van der Waals surface area contributed by atoms with Crippen LogP contribution in [0.1, 0.15) is 65.2 Å². The molecular weight excluding hydrogens is 331 g/mol. The average molecular weight is 359 g/mol. The number of hydrogen-bond acceptors (Lipinski definition) is 2. The van der Waals surface area contributed by atoms with Crippen LogP contribution < -0.4 is 10.6 Å². The molecule has 0 radical (unpaired) electrons. The van der Waals surface area contributed by atoms with Crippen molar-refractivity contribution in [3.63, 3.8) is 0 Å². The van der Waals surface area contributed by atoms with E-state index in [0.29, 0.717) is 36.7 Å². The number of hydrogen-bond donors (Lipinski definition) is 2. The molecule has 2 amide bonds. The number of nitrogens with one attached hydrogen (secondary N) is 2. The van der Waals surface area contributed by atoms with Crippen molar-refractivity contribution in [3.05, 3.63) is 0 Å². The van der Waals surface area contributed by atoms with Gasteiger partial charge in [-0.15, -0.1) is 0 Å². The van der Waals surface area contributed by atoms with Crippen LogP contribution in [0.4, 0.5) is 0 Å². The Morgan fingerprint density at radius 1 is 0.762 bits per heavy atom. The van der Waals surface area contributed by atoms with Crippen LogP contribution in [0.15, 0.2) is 0 Å². The monoisotopic (exact) mass is 360 g/mol. The molecule has 0 aliphatic heterocycles. The molecule has 2 aliphatic rings. The third-order valence-electron chi connectivity index (χ3n) is 4.53. The molecule has 21 heavy (non-hydrogen) atoms. The molecule has 4 atom stereocenters. The van der Waals surface area contributed by atoms with E-state index in [9.17, 15) is 9.59 Å². The summed E-state index contributed by atoms with van der Waals surface area (Å²) in [6.07, 6.45) is 9.80. The third-order valence-corrected chi connectivity index (χ3v) is 8.37. The number of carbonyl (C=O) groups excluding carboxylic acids is 2. The van der Waals surface area contributed by atoms with Crippen molar-refractivity contribution in [2.24, 2.45) is 0 Å². The van der Waals surface area contributed by atoms with Crippen LogP contribution >= 0.6 is 0 Å². The summed E-state index contributed by atoms with van der Waals surface area (Å²) in [6, 6.07) is 0.743. The fraction of sp³-hybridized carbons (Fsp3) is 0.875. The first-order valence-corrected chi connectivity index (χ1v) is 10.2. The van der Waals surface area contributed by atoms with Gasteiger partial charge in [-0.25, -0.2) is 0 Å². The van der Waals surface area contributed by atoms with E-state index in [1.807, 2.05) is 0 Å². The molecule has 0 heterocycles. The van der Waals surface area contributed by atoms with Crippen LogP contribution in [-0.2, 0) is 9.59 Å². The number of rotatable bonds is 4. The molecule has 0 aromatic heterocycles. The van der Waals surface area contributed by atoms with E-state index in [1.165, 1.54) is 38.5 Å². The van der Waals surface area contributed by atoms with Gasteiger partial charge in [0, 0.05) is 0 Å². The summed E-state index contributed by atoms with van der Waals surface area (Å²) in [5.41, 5.74) is 0. The van der Waals surface area contributed by atoms with Crippen molar-refractivity contribution in [2.75, 3.05) is 0 Å². The van der Waals surface area contributed by atoms with E-state index in [0.717, 1.165) is 12.8 Å². The minimum absolute atomic E-state index is 0.102. The van der Waals surface area contributed by atoms with Gasteiger partial charge in [-0.2, -0.15) is 0 Å². The Morgan fingerprint density at radius 3 is 1.52 bits per heavy atom. The molecule has 120 valence electrons. The molecule has 0 unspecified atom stereocenters. The van der Waals surface area contributed by atoms with Crippen molar-refractivity contribution < 1.29 is 9.59 Å². The van der Waals surface area contributed by atoms with Gasteiger partial charge in [0.15, 0.2) is 0 Å². The maximum absolute atomic E-state index is 11.4. The van der Waals surface area contributed by atoms with Crippen LogP contribution in [-0.4, -0.2) is 38.9 Å². The van der Waals surface area contributed by atoms with Gasteiger partial charge >= 0.3 is 134 Å². The zero-order valence-corrected chi connectivity index (χ0v) is 14.9. The van der Waals surface area contributed by atoms with E-state index in [4.69, 9.17) is 0 Å². The van der Waals surface area contributed by atoms with Crippen molar-refractivity contribution in [3.8, 4) is 0 Å². The molecule has 5 heteroatoms. The Morgan fingerprint density at radius 2 is 1.14 bits per heavy atom. The molecule has 4 nitrogen and oxygen atoms in total. The molecule has 2 rings (SSSR count). The molecule has 0 spiro atoms. The Bertz CT molecular complexity index is 341. The van der Waals surface area contributed by atoms with Gasteiger partial charge in [-0.05, 0) is 0 Å². The molecule has 0 aromatic rings. The summed E-state index contributed by atoms with van der Waals surface area (Å²) >= 11 is 0.501. The Balaban J connectivity index is 1.95. The Kier molecular flexibility index (Phi) is 6.56. The molecule has 0 bridgehead atoms. The van der Waals surface area contributed by atoms with Crippen molar-refractivity contribution in [1.29, 1.82) is 0 Å². The van der Waals surface area contributed by atoms with E-state index < -0.39 is 0 Å². The first-order valence-electron chi connectivity index (χ1n) is 8.26. The van der Waals surface area contributed by atoms with E-state index in [-0.39, 0.29) is 11.8 Å². The molecule has 0 aromatic carbocycles. The molecule has 2 aliphatic carbocycles. The fourth-order valence-corrected chi connectivity index (χ4v) is 7.46. The van der Waals surface area contributed by atoms with Crippen molar-refractivity contribution in [2.45, 2.75) is 86.9 Å². The second-order valence-electron chi connectivity index (χ2n) is 6.40. The van der Waals surface area contributed by atoms with Crippen LogP contribution in [0.2, 0.25) is 9.63 Å². The maximum atomic E-state index is 11.4. The molecule has 2 saturated carbocycles. The topological polar surface area (TPSA) is 58.2 Å². The summed E-state index contributed by atoms with van der Waals surface area (Å²) in [4.78, 5) is 24.1. The zero-order chi connectivity index (χ0) is 15.2. The van der Waals surface area contributed by atoms with Crippen LogP contribution in [0.5, 0.6) is 0 Å². The number of amides is 2. The first kappa shape index (κ1) is 16.8. The van der Waals surface area contributed by atoms with Gasteiger partial charge in [0.25, 0.3) is 0 Å². The quantitative estimate of drug-likeness (QED) is 0.758. The average Bonchev–Trinajstić information content (AvgIpc) is 2.42. The SMILES string of the molecule is CC(=O)N[C@H]1CCCC[C@@H]1[Se][C@H]1CCCC[C@@H]1NC(C)=O. The normalized spacial score (nSPS) is 33.2. The van der Waals surface area contributed by atoms with E-state index >= 15 is 0 Å².